The maximum atomic E-state index is 9.30. The van der Waals surface area contributed by atoms with Crippen LogP contribution in [0.15, 0.2) is 47.4 Å². The Morgan fingerprint density at radius 2 is 2.05 bits per heavy atom. The van der Waals surface area contributed by atoms with Gasteiger partial charge in [0.15, 0.2) is 0 Å². The van der Waals surface area contributed by atoms with Crippen molar-refractivity contribution in [1.29, 1.82) is 5.26 Å². The van der Waals surface area contributed by atoms with Crippen molar-refractivity contribution in [2.75, 3.05) is 25.2 Å². The van der Waals surface area contributed by atoms with E-state index >= 15 is 0 Å². The minimum atomic E-state index is 0.718. The molecule has 0 spiro atoms. The molecule has 2 aromatic rings. The summed E-state index contributed by atoms with van der Waals surface area (Å²) in [7, 11) is 1.67. The first-order valence-electron chi connectivity index (χ1n) is 6.72. The molecule has 0 saturated heterocycles. The summed E-state index contributed by atoms with van der Waals surface area (Å²) in [5, 5.41) is 12.6. The van der Waals surface area contributed by atoms with Gasteiger partial charge in [-0.25, -0.2) is 0 Å². The van der Waals surface area contributed by atoms with Crippen molar-refractivity contribution >= 4 is 17.4 Å². The van der Waals surface area contributed by atoms with Gasteiger partial charge in [-0.15, -0.1) is 11.8 Å². The molecule has 2 rings (SSSR count). The summed E-state index contributed by atoms with van der Waals surface area (Å²) in [5.41, 5.74) is 2.82. The van der Waals surface area contributed by atoms with E-state index < -0.39 is 0 Å². The Hall–Kier alpha value is -2.12. The van der Waals surface area contributed by atoms with Crippen LogP contribution in [0.4, 0.5) is 5.69 Å². The van der Waals surface area contributed by atoms with E-state index in [0.29, 0.717) is 0 Å². The van der Waals surface area contributed by atoms with Crippen molar-refractivity contribution in [2.45, 2.75) is 11.3 Å². The quantitative estimate of drug-likeness (QED) is 0.820. The summed E-state index contributed by atoms with van der Waals surface area (Å²) >= 11 is 1.59. The highest BCUT2D eigenvalue weighted by Gasteiger charge is 2.06. The van der Waals surface area contributed by atoms with Crippen LogP contribution in [-0.2, 0) is 6.42 Å². The van der Waals surface area contributed by atoms with E-state index in [2.05, 4.69) is 17.5 Å². The second-order valence-corrected chi connectivity index (χ2v) is 5.37. The third-order valence-corrected chi connectivity index (χ3v) is 4.00. The van der Waals surface area contributed by atoms with Crippen molar-refractivity contribution in [3.05, 3.63) is 53.6 Å². The predicted octanol–water partition coefficient (Wildman–Crippen LogP) is 3.94. The standard InChI is InChI=1S/C17H18N2OS/c1-20-14-6-3-5-13(11-14)9-10-19-16-7-4-8-17(21-2)15(16)12-18/h3-8,11,19H,9-10H2,1-2H3. The van der Waals surface area contributed by atoms with E-state index in [9.17, 15) is 5.26 Å². The zero-order valence-corrected chi connectivity index (χ0v) is 13.0. The van der Waals surface area contributed by atoms with Crippen LogP contribution >= 0.6 is 11.8 Å². The minimum Gasteiger partial charge on any atom is -0.497 e. The molecule has 3 nitrogen and oxygen atoms in total. The van der Waals surface area contributed by atoms with Gasteiger partial charge in [-0.1, -0.05) is 18.2 Å². The zero-order valence-electron chi connectivity index (χ0n) is 12.2. The normalized spacial score (nSPS) is 9.95. The third-order valence-electron chi connectivity index (χ3n) is 3.22. The maximum absolute atomic E-state index is 9.30. The fourth-order valence-electron chi connectivity index (χ4n) is 2.13. The number of nitrogens with one attached hydrogen (secondary N) is 1. The fourth-order valence-corrected chi connectivity index (χ4v) is 2.71. The molecule has 0 aliphatic heterocycles. The molecule has 0 aliphatic rings. The Morgan fingerprint density at radius 3 is 2.76 bits per heavy atom. The lowest BCUT2D eigenvalue weighted by Crippen LogP contribution is -2.06. The summed E-state index contributed by atoms with van der Waals surface area (Å²) in [6.07, 6.45) is 2.86. The molecule has 2 aromatic carbocycles. The SMILES string of the molecule is COc1cccc(CCNc2cccc(SC)c2C#N)c1. The van der Waals surface area contributed by atoms with Gasteiger partial charge < -0.3 is 10.1 Å². The summed E-state index contributed by atoms with van der Waals surface area (Å²) in [6.45, 7) is 0.777. The van der Waals surface area contributed by atoms with E-state index in [1.54, 1.807) is 18.9 Å². The first kappa shape index (κ1) is 15.3. The fraction of sp³-hybridized carbons (Fsp3) is 0.235. The Bertz CT molecular complexity index is 649. The second kappa shape index (κ2) is 7.61. The maximum Gasteiger partial charge on any atom is 0.119 e. The number of anilines is 1. The zero-order chi connectivity index (χ0) is 15.1. The topological polar surface area (TPSA) is 45.0 Å². The average molecular weight is 298 g/mol. The number of hydrogen-bond donors (Lipinski definition) is 1. The van der Waals surface area contributed by atoms with Crippen LogP contribution in [0.1, 0.15) is 11.1 Å². The number of rotatable bonds is 6. The number of benzene rings is 2. The average Bonchev–Trinajstić information content (AvgIpc) is 2.54. The second-order valence-electron chi connectivity index (χ2n) is 4.52. The Labute approximate surface area is 129 Å². The third kappa shape index (κ3) is 3.93. The Kier molecular flexibility index (Phi) is 5.53. The highest BCUT2D eigenvalue weighted by Crippen LogP contribution is 2.26. The molecule has 0 aliphatic carbocycles. The molecule has 0 amide bonds. The molecule has 0 fully saturated rings. The number of nitrogens with zero attached hydrogens (tertiary/aromatic N) is 1. The van der Waals surface area contributed by atoms with Gasteiger partial charge in [-0.3, -0.25) is 0 Å². The smallest absolute Gasteiger partial charge is 0.119 e. The number of thioether (sulfide) groups is 1. The minimum absolute atomic E-state index is 0.718. The molecule has 0 saturated carbocycles. The molecule has 0 heterocycles. The first-order valence-corrected chi connectivity index (χ1v) is 7.95. The van der Waals surface area contributed by atoms with Gasteiger partial charge in [-0.05, 0) is 42.5 Å². The summed E-state index contributed by atoms with van der Waals surface area (Å²) in [5.74, 6) is 0.870. The van der Waals surface area contributed by atoms with Gasteiger partial charge in [0.1, 0.15) is 11.8 Å². The molecular weight excluding hydrogens is 280 g/mol. The van der Waals surface area contributed by atoms with Crippen LogP contribution in [-0.4, -0.2) is 19.9 Å². The summed E-state index contributed by atoms with van der Waals surface area (Å²) in [6, 6.07) is 16.2. The van der Waals surface area contributed by atoms with Gasteiger partial charge in [0.25, 0.3) is 0 Å². The molecule has 21 heavy (non-hydrogen) atoms. The van der Waals surface area contributed by atoms with Crippen LogP contribution < -0.4 is 10.1 Å². The van der Waals surface area contributed by atoms with Gasteiger partial charge in [0.05, 0.1) is 18.4 Å². The molecule has 0 atom stereocenters. The molecule has 4 heteroatoms. The first-order chi connectivity index (χ1) is 10.3. The molecule has 0 unspecified atom stereocenters. The van der Waals surface area contributed by atoms with E-state index in [0.717, 1.165) is 34.9 Å². The summed E-state index contributed by atoms with van der Waals surface area (Å²) < 4.78 is 5.22. The lowest BCUT2D eigenvalue weighted by Gasteiger charge is -2.11. The van der Waals surface area contributed by atoms with Crippen LogP contribution in [0.2, 0.25) is 0 Å². The van der Waals surface area contributed by atoms with Crippen molar-refractivity contribution < 1.29 is 4.74 Å². The van der Waals surface area contributed by atoms with Crippen molar-refractivity contribution in [2.24, 2.45) is 0 Å². The van der Waals surface area contributed by atoms with Crippen LogP contribution in [0.3, 0.4) is 0 Å². The number of ether oxygens (including phenoxy) is 1. The number of nitriles is 1. The van der Waals surface area contributed by atoms with Gasteiger partial charge >= 0.3 is 0 Å². The van der Waals surface area contributed by atoms with Gasteiger partial charge in [-0.2, -0.15) is 5.26 Å². The molecule has 0 aromatic heterocycles. The largest absolute Gasteiger partial charge is 0.497 e. The Balaban J connectivity index is 2.02. The monoisotopic (exact) mass is 298 g/mol. The molecular formula is C17H18N2OS. The van der Waals surface area contributed by atoms with Crippen LogP contribution in [0.25, 0.3) is 0 Å². The molecule has 108 valence electrons. The van der Waals surface area contributed by atoms with Crippen molar-refractivity contribution in [3.8, 4) is 11.8 Å². The Morgan fingerprint density at radius 1 is 1.24 bits per heavy atom. The van der Waals surface area contributed by atoms with Crippen molar-refractivity contribution in [3.63, 3.8) is 0 Å². The highest BCUT2D eigenvalue weighted by molar-refractivity contribution is 7.98. The van der Waals surface area contributed by atoms with Crippen LogP contribution in [0, 0.1) is 11.3 Å². The lowest BCUT2D eigenvalue weighted by molar-refractivity contribution is 0.414. The molecule has 1 N–H and O–H groups in total. The highest BCUT2D eigenvalue weighted by atomic mass is 32.2. The van der Waals surface area contributed by atoms with E-state index in [1.165, 1.54) is 5.56 Å². The van der Waals surface area contributed by atoms with Crippen molar-refractivity contribution in [1.82, 2.24) is 0 Å². The molecule has 0 radical (unpaired) electrons. The van der Waals surface area contributed by atoms with Crippen LogP contribution in [0.5, 0.6) is 5.75 Å². The predicted molar refractivity (Wildman–Crippen MR) is 88.1 cm³/mol. The molecule has 0 bridgehead atoms. The van der Waals surface area contributed by atoms with Gasteiger partial charge in [0, 0.05) is 11.4 Å². The number of hydrogen-bond acceptors (Lipinski definition) is 4. The summed E-state index contributed by atoms with van der Waals surface area (Å²) in [4.78, 5) is 1.00. The lowest BCUT2D eigenvalue weighted by atomic mass is 10.1. The number of methoxy groups -OCH3 is 1. The van der Waals surface area contributed by atoms with E-state index in [4.69, 9.17) is 4.74 Å². The van der Waals surface area contributed by atoms with E-state index in [-0.39, 0.29) is 0 Å². The van der Waals surface area contributed by atoms with Gasteiger partial charge in [0.2, 0.25) is 0 Å². The van der Waals surface area contributed by atoms with E-state index in [1.807, 2.05) is 42.7 Å².